The zero-order valence-corrected chi connectivity index (χ0v) is 11.8. The van der Waals surface area contributed by atoms with Crippen molar-refractivity contribution < 1.29 is 13.3 Å². The molecule has 19 heavy (non-hydrogen) atoms. The molecule has 104 valence electrons. The summed E-state index contributed by atoms with van der Waals surface area (Å²) in [6.45, 7) is 2.27. The summed E-state index contributed by atoms with van der Waals surface area (Å²) in [5.74, 6) is 0. The molecule has 0 unspecified atom stereocenters. The molecule has 0 N–H and O–H groups in total. The van der Waals surface area contributed by atoms with E-state index in [4.69, 9.17) is 11.6 Å². The van der Waals surface area contributed by atoms with Crippen molar-refractivity contribution in [3.05, 3.63) is 33.3 Å². The Bertz CT molecular complexity index is 617. The first-order chi connectivity index (χ1) is 8.84. The van der Waals surface area contributed by atoms with Crippen molar-refractivity contribution in [2.45, 2.75) is 30.7 Å². The van der Waals surface area contributed by atoms with Crippen molar-refractivity contribution in [1.82, 2.24) is 4.31 Å². The molecule has 0 saturated carbocycles. The second kappa shape index (κ2) is 5.07. The van der Waals surface area contributed by atoms with Crippen LogP contribution in [0.3, 0.4) is 0 Å². The highest BCUT2D eigenvalue weighted by Crippen LogP contribution is 2.31. The van der Waals surface area contributed by atoms with E-state index in [9.17, 15) is 18.5 Å². The second-order valence-electron chi connectivity index (χ2n) is 4.48. The highest BCUT2D eigenvalue weighted by atomic mass is 35.5. The largest absolute Gasteiger partial charge is 0.289 e. The maximum absolute atomic E-state index is 12.4. The molecule has 0 bridgehead atoms. The normalized spacial score (nSPS) is 20.6. The molecule has 1 saturated heterocycles. The predicted octanol–water partition coefficient (Wildman–Crippen LogP) is 2.42. The van der Waals surface area contributed by atoms with E-state index in [1.54, 1.807) is 0 Å². The topological polar surface area (TPSA) is 80.5 Å². The Morgan fingerprint density at radius 2 is 2.16 bits per heavy atom. The number of nitro groups is 1. The van der Waals surface area contributed by atoms with Crippen LogP contribution < -0.4 is 0 Å². The van der Waals surface area contributed by atoms with Gasteiger partial charge in [0.05, 0.1) is 9.82 Å². The lowest BCUT2D eigenvalue weighted by atomic mass is 10.3. The van der Waals surface area contributed by atoms with Crippen LogP contribution in [-0.2, 0) is 10.0 Å². The van der Waals surface area contributed by atoms with Crippen LogP contribution in [0.4, 0.5) is 5.69 Å². The Morgan fingerprint density at radius 3 is 2.68 bits per heavy atom. The van der Waals surface area contributed by atoms with Crippen LogP contribution in [-0.4, -0.2) is 30.2 Å². The molecule has 0 aromatic heterocycles. The first kappa shape index (κ1) is 14.2. The fourth-order valence-electron chi connectivity index (χ4n) is 2.19. The SMILES string of the molecule is C[C@@H]1CCCN1S(=O)(=O)c1ccc(Cl)c([N+](=O)[O-])c1. The number of sulfonamides is 1. The molecule has 0 amide bonds. The molecule has 0 radical (unpaired) electrons. The van der Waals surface area contributed by atoms with Crippen LogP contribution in [0.2, 0.25) is 5.02 Å². The fraction of sp³-hybridized carbons (Fsp3) is 0.455. The molecule has 1 aliphatic rings. The highest BCUT2D eigenvalue weighted by Gasteiger charge is 2.33. The van der Waals surface area contributed by atoms with E-state index in [2.05, 4.69) is 0 Å². The summed E-state index contributed by atoms with van der Waals surface area (Å²) in [5.41, 5.74) is -0.394. The average Bonchev–Trinajstić information content (AvgIpc) is 2.76. The van der Waals surface area contributed by atoms with Crippen LogP contribution in [0.15, 0.2) is 23.1 Å². The van der Waals surface area contributed by atoms with E-state index in [-0.39, 0.29) is 16.0 Å². The molecule has 1 aliphatic heterocycles. The molecular weight excluding hydrogens is 292 g/mol. The third kappa shape index (κ3) is 2.58. The third-order valence-corrected chi connectivity index (χ3v) is 5.54. The molecular formula is C11H13ClN2O4S. The molecule has 1 aromatic rings. The van der Waals surface area contributed by atoms with Gasteiger partial charge in [-0.2, -0.15) is 4.31 Å². The quantitative estimate of drug-likeness (QED) is 0.634. The summed E-state index contributed by atoms with van der Waals surface area (Å²) in [7, 11) is -3.69. The Hall–Kier alpha value is -1.18. The van der Waals surface area contributed by atoms with Crippen molar-refractivity contribution in [1.29, 1.82) is 0 Å². The van der Waals surface area contributed by atoms with Gasteiger partial charge in [-0.25, -0.2) is 8.42 Å². The van der Waals surface area contributed by atoms with Gasteiger partial charge in [-0.3, -0.25) is 10.1 Å². The minimum atomic E-state index is -3.69. The lowest BCUT2D eigenvalue weighted by Crippen LogP contribution is -2.33. The third-order valence-electron chi connectivity index (χ3n) is 3.21. The van der Waals surface area contributed by atoms with Gasteiger partial charge in [0.2, 0.25) is 10.0 Å². The Morgan fingerprint density at radius 1 is 1.47 bits per heavy atom. The van der Waals surface area contributed by atoms with Crippen molar-refractivity contribution in [3.8, 4) is 0 Å². The van der Waals surface area contributed by atoms with Gasteiger partial charge < -0.3 is 0 Å². The van der Waals surface area contributed by atoms with Crippen LogP contribution in [0.1, 0.15) is 19.8 Å². The van der Waals surface area contributed by atoms with Gasteiger partial charge in [-0.15, -0.1) is 0 Å². The Kier molecular flexibility index (Phi) is 3.80. The maximum Gasteiger partial charge on any atom is 0.289 e. The molecule has 1 fully saturated rings. The molecule has 1 aromatic carbocycles. The van der Waals surface area contributed by atoms with Gasteiger partial charge in [-0.05, 0) is 31.9 Å². The molecule has 0 aliphatic carbocycles. The van der Waals surface area contributed by atoms with E-state index in [0.29, 0.717) is 6.54 Å². The maximum atomic E-state index is 12.4. The first-order valence-electron chi connectivity index (χ1n) is 5.80. The fourth-order valence-corrected chi connectivity index (χ4v) is 4.10. The second-order valence-corrected chi connectivity index (χ2v) is 6.78. The van der Waals surface area contributed by atoms with Gasteiger partial charge in [-0.1, -0.05) is 11.6 Å². The zero-order valence-electron chi connectivity index (χ0n) is 10.2. The number of nitro benzene ring substituents is 1. The van der Waals surface area contributed by atoms with Crippen molar-refractivity contribution >= 4 is 27.3 Å². The molecule has 8 heteroatoms. The molecule has 1 atom stereocenters. The van der Waals surface area contributed by atoms with Crippen LogP contribution in [0, 0.1) is 10.1 Å². The van der Waals surface area contributed by atoms with Gasteiger partial charge in [0.25, 0.3) is 5.69 Å². The minimum Gasteiger partial charge on any atom is -0.258 e. The van der Waals surface area contributed by atoms with Crippen LogP contribution >= 0.6 is 11.6 Å². The predicted molar refractivity (Wildman–Crippen MR) is 70.7 cm³/mol. The van der Waals surface area contributed by atoms with E-state index >= 15 is 0 Å². The van der Waals surface area contributed by atoms with E-state index < -0.39 is 20.6 Å². The lowest BCUT2D eigenvalue weighted by molar-refractivity contribution is -0.384. The van der Waals surface area contributed by atoms with Gasteiger partial charge >= 0.3 is 0 Å². The number of hydrogen-bond donors (Lipinski definition) is 0. The Balaban J connectivity index is 2.46. The smallest absolute Gasteiger partial charge is 0.258 e. The standard InChI is InChI=1S/C11H13ClN2O4S/c1-8-3-2-6-13(8)19(17,18)9-4-5-10(12)11(7-9)14(15)16/h4-5,7-8H,2-3,6H2,1H3/t8-/m1/s1. The number of hydrogen-bond acceptors (Lipinski definition) is 4. The summed E-state index contributed by atoms with van der Waals surface area (Å²) in [6, 6.07) is 3.48. The minimum absolute atomic E-state index is 0.0709. The van der Waals surface area contributed by atoms with E-state index in [1.165, 1.54) is 16.4 Å². The number of halogens is 1. The summed E-state index contributed by atoms with van der Waals surface area (Å²) in [6.07, 6.45) is 1.60. The van der Waals surface area contributed by atoms with Gasteiger partial charge in [0.15, 0.2) is 0 Å². The van der Waals surface area contributed by atoms with E-state index in [0.717, 1.165) is 18.9 Å². The lowest BCUT2D eigenvalue weighted by Gasteiger charge is -2.20. The number of benzene rings is 1. The molecule has 0 spiro atoms. The average molecular weight is 305 g/mol. The van der Waals surface area contributed by atoms with Gasteiger partial charge in [0, 0.05) is 18.7 Å². The monoisotopic (exact) mass is 304 g/mol. The van der Waals surface area contributed by atoms with Crippen molar-refractivity contribution in [3.63, 3.8) is 0 Å². The van der Waals surface area contributed by atoms with Crippen LogP contribution in [0.5, 0.6) is 0 Å². The van der Waals surface area contributed by atoms with E-state index in [1.807, 2.05) is 6.92 Å². The van der Waals surface area contributed by atoms with Crippen LogP contribution in [0.25, 0.3) is 0 Å². The molecule has 6 nitrogen and oxygen atoms in total. The van der Waals surface area contributed by atoms with Crippen molar-refractivity contribution in [2.75, 3.05) is 6.54 Å². The summed E-state index contributed by atoms with van der Waals surface area (Å²) >= 11 is 5.68. The highest BCUT2D eigenvalue weighted by molar-refractivity contribution is 7.89. The van der Waals surface area contributed by atoms with Crippen molar-refractivity contribution in [2.24, 2.45) is 0 Å². The summed E-state index contributed by atoms with van der Waals surface area (Å²) < 4.78 is 26.2. The number of nitrogens with zero attached hydrogens (tertiary/aromatic N) is 2. The first-order valence-corrected chi connectivity index (χ1v) is 7.61. The zero-order chi connectivity index (χ0) is 14.2. The van der Waals surface area contributed by atoms with Gasteiger partial charge in [0.1, 0.15) is 5.02 Å². The summed E-state index contributed by atoms with van der Waals surface area (Å²) in [4.78, 5) is 10.0. The summed E-state index contributed by atoms with van der Waals surface area (Å²) in [5, 5.41) is 10.7. The number of rotatable bonds is 3. The molecule has 1 heterocycles. The Labute approximate surface area is 116 Å². The molecule has 2 rings (SSSR count).